The first-order chi connectivity index (χ1) is 12.5. The van der Waals surface area contributed by atoms with Crippen molar-refractivity contribution in [2.24, 2.45) is 7.05 Å². The fourth-order valence-corrected chi connectivity index (χ4v) is 4.04. The third-order valence-corrected chi connectivity index (χ3v) is 5.54. The molecule has 0 radical (unpaired) electrons. The zero-order valence-corrected chi connectivity index (χ0v) is 15.3. The molecule has 1 atom stereocenters. The molecular weight excluding hydrogens is 348 g/mol. The second kappa shape index (κ2) is 6.49. The molecule has 1 unspecified atom stereocenters. The highest BCUT2D eigenvalue weighted by Gasteiger charge is 2.30. The molecule has 2 aromatic carbocycles. The van der Waals surface area contributed by atoms with Gasteiger partial charge in [-0.15, -0.1) is 0 Å². The van der Waals surface area contributed by atoms with Gasteiger partial charge in [-0.1, -0.05) is 36.0 Å². The molecule has 4 rings (SSSR count). The van der Waals surface area contributed by atoms with Crippen LogP contribution in [0, 0.1) is 0 Å². The van der Waals surface area contributed by atoms with Crippen LogP contribution >= 0.6 is 11.8 Å². The Morgan fingerprint density at radius 1 is 1.19 bits per heavy atom. The van der Waals surface area contributed by atoms with Crippen molar-refractivity contribution in [1.29, 1.82) is 0 Å². The average Bonchev–Trinajstić information content (AvgIpc) is 2.96. The number of nitrogens with zero attached hydrogens (tertiary/aromatic N) is 3. The predicted octanol–water partition coefficient (Wildman–Crippen LogP) is 3.04. The van der Waals surface area contributed by atoms with Gasteiger partial charge in [-0.05, 0) is 31.2 Å². The van der Waals surface area contributed by atoms with Crippen LogP contribution in [-0.2, 0) is 16.6 Å². The summed E-state index contributed by atoms with van der Waals surface area (Å²) in [5.41, 5.74) is 3.32. The van der Waals surface area contributed by atoms with E-state index in [1.807, 2.05) is 61.0 Å². The molecule has 1 aliphatic rings. The van der Waals surface area contributed by atoms with Gasteiger partial charge in [-0.25, -0.2) is 4.98 Å². The zero-order valence-electron chi connectivity index (χ0n) is 14.5. The van der Waals surface area contributed by atoms with Crippen molar-refractivity contribution in [3.63, 3.8) is 0 Å². The van der Waals surface area contributed by atoms with Gasteiger partial charge in [0.2, 0.25) is 11.8 Å². The summed E-state index contributed by atoms with van der Waals surface area (Å²) in [6.45, 7) is 1.88. The second-order valence-electron chi connectivity index (χ2n) is 6.19. The van der Waals surface area contributed by atoms with Crippen LogP contribution in [0.3, 0.4) is 0 Å². The minimum atomic E-state index is -0.371. The highest BCUT2D eigenvalue weighted by molar-refractivity contribution is 8.00. The smallest absolute Gasteiger partial charge is 0.244 e. The lowest BCUT2D eigenvalue weighted by atomic mass is 10.2. The quantitative estimate of drug-likeness (QED) is 0.724. The average molecular weight is 366 g/mol. The number of nitrogens with one attached hydrogen (secondary N) is 1. The number of benzene rings is 2. The van der Waals surface area contributed by atoms with Gasteiger partial charge in [0.05, 0.1) is 27.7 Å². The molecule has 7 heteroatoms. The van der Waals surface area contributed by atoms with Crippen LogP contribution in [0.2, 0.25) is 0 Å². The van der Waals surface area contributed by atoms with E-state index in [1.165, 1.54) is 11.8 Å². The molecule has 1 N–H and O–H groups in total. The van der Waals surface area contributed by atoms with E-state index in [1.54, 1.807) is 11.0 Å². The van der Waals surface area contributed by atoms with Crippen molar-refractivity contribution in [1.82, 2.24) is 9.55 Å². The van der Waals surface area contributed by atoms with Crippen molar-refractivity contribution in [3.8, 4) is 0 Å². The predicted molar refractivity (Wildman–Crippen MR) is 103 cm³/mol. The minimum absolute atomic E-state index is 0.0310. The number of amides is 2. The Labute approximate surface area is 155 Å². The molecule has 2 amide bonds. The second-order valence-corrected chi connectivity index (χ2v) is 7.50. The molecule has 2 heterocycles. The van der Waals surface area contributed by atoms with Crippen molar-refractivity contribution < 1.29 is 9.59 Å². The number of aryl methyl sites for hydroxylation is 1. The van der Waals surface area contributed by atoms with E-state index < -0.39 is 0 Å². The minimum Gasteiger partial charge on any atom is -0.323 e. The summed E-state index contributed by atoms with van der Waals surface area (Å²) < 4.78 is 1.99. The lowest BCUT2D eigenvalue weighted by Gasteiger charge is -2.30. The summed E-state index contributed by atoms with van der Waals surface area (Å²) in [5.74, 6) is -0.290. The third-order valence-electron chi connectivity index (χ3n) is 4.41. The molecular formula is C19H18N4O2S. The number of carbonyl (C=O) groups is 2. The number of hydrogen-bond donors (Lipinski definition) is 1. The van der Waals surface area contributed by atoms with E-state index in [-0.39, 0.29) is 23.6 Å². The summed E-state index contributed by atoms with van der Waals surface area (Å²) in [6, 6.07) is 15.2. The van der Waals surface area contributed by atoms with E-state index >= 15 is 0 Å². The van der Waals surface area contributed by atoms with Crippen molar-refractivity contribution in [2.75, 3.05) is 16.8 Å². The largest absolute Gasteiger partial charge is 0.323 e. The maximum atomic E-state index is 13.0. The first kappa shape index (κ1) is 16.7. The lowest BCUT2D eigenvalue weighted by molar-refractivity contribution is -0.121. The number of anilines is 2. The molecule has 0 bridgehead atoms. The molecule has 1 aromatic heterocycles. The Kier molecular flexibility index (Phi) is 4.16. The van der Waals surface area contributed by atoms with Gasteiger partial charge in [0, 0.05) is 7.05 Å². The fraction of sp³-hybridized carbons (Fsp3) is 0.211. The normalized spacial score (nSPS) is 14.8. The number of hydrogen-bond acceptors (Lipinski definition) is 4. The standard InChI is InChI=1S/C19H18N4O2S/c1-12(26-19-21-13-7-3-5-9-15(13)22(19)2)18(25)23-11-17(24)20-14-8-4-6-10-16(14)23/h3-10,12H,11H2,1-2H3,(H,20,24). The van der Waals surface area contributed by atoms with Gasteiger partial charge < -0.3 is 9.88 Å². The molecule has 0 saturated carbocycles. The van der Waals surface area contributed by atoms with E-state index in [2.05, 4.69) is 10.3 Å². The van der Waals surface area contributed by atoms with Crippen LogP contribution in [0.5, 0.6) is 0 Å². The zero-order chi connectivity index (χ0) is 18.3. The van der Waals surface area contributed by atoms with E-state index in [0.29, 0.717) is 5.69 Å². The Morgan fingerprint density at radius 3 is 2.73 bits per heavy atom. The van der Waals surface area contributed by atoms with Crippen LogP contribution in [0.4, 0.5) is 11.4 Å². The van der Waals surface area contributed by atoms with Crippen LogP contribution in [0.1, 0.15) is 6.92 Å². The summed E-state index contributed by atoms with van der Waals surface area (Å²) in [7, 11) is 1.94. The van der Waals surface area contributed by atoms with Crippen molar-refractivity contribution in [3.05, 3.63) is 48.5 Å². The van der Waals surface area contributed by atoms with Gasteiger partial charge in [0.1, 0.15) is 6.54 Å². The molecule has 0 fully saturated rings. The summed E-state index contributed by atoms with van der Waals surface area (Å²) in [5, 5.41) is 3.21. The number of fused-ring (bicyclic) bond motifs is 2. The number of carbonyl (C=O) groups excluding carboxylic acids is 2. The van der Waals surface area contributed by atoms with Gasteiger partial charge >= 0.3 is 0 Å². The number of rotatable bonds is 3. The maximum Gasteiger partial charge on any atom is 0.244 e. The number of thioether (sulfide) groups is 1. The van der Waals surface area contributed by atoms with Gasteiger partial charge in [-0.3, -0.25) is 14.5 Å². The fourth-order valence-electron chi connectivity index (χ4n) is 3.09. The van der Waals surface area contributed by atoms with Crippen molar-refractivity contribution >= 4 is 46.0 Å². The Hall–Kier alpha value is -2.80. The number of aromatic nitrogens is 2. The van der Waals surface area contributed by atoms with Crippen LogP contribution in [-0.4, -0.2) is 33.2 Å². The molecule has 0 spiro atoms. The number of imidazole rings is 1. The van der Waals surface area contributed by atoms with E-state index in [9.17, 15) is 9.59 Å². The number of para-hydroxylation sites is 4. The lowest BCUT2D eigenvalue weighted by Crippen LogP contribution is -2.45. The summed E-state index contributed by atoms with van der Waals surface area (Å²) in [6.07, 6.45) is 0. The monoisotopic (exact) mass is 366 g/mol. The Balaban J connectivity index is 1.60. The molecule has 3 aromatic rings. The molecule has 132 valence electrons. The topological polar surface area (TPSA) is 67.2 Å². The molecule has 26 heavy (non-hydrogen) atoms. The Bertz CT molecular complexity index is 1010. The summed E-state index contributed by atoms with van der Waals surface area (Å²) in [4.78, 5) is 31.2. The molecule has 6 nitrogen and oxygen atoms in total. The van der Waals surface area contributed by atoms with E-state index in [4.69, 9.17) is 0 Å². The molecule has 1 aliphatic heterocycles. The van der Waals surface area contributed by atoms with Gasteiger partial charge in [0.15, 0.2) is 5.16 Å². The van der Waals surface area contributed by atoms with Crippen LogP contribution in [0.25, 0.3) is 11.0 Å². The summed E-state index contributed by atoms with van der Waals surface area (Å²) >= 11 is 1.40. The van der Waals surface area contributed by atoms with Gasteiger partial charge in [-0.2, -0.15) is 0 Å². The SMILES string of the molecule is CC(Sc1nc2ccccc2n1C)C(=O)N1CC(=O)Nc2ccccc21. The first-order valence-electron chi connectivity index (χ1n) is 8.33. The molecule has 0 aliphatic carbocycles. The molecule has 0 saturated heterocycles. The highest BCUT2D eigenvalue weighted by atomic mass is 32.2. The van der Waals surface area contributed by atoms with Crippen LogP contribution in [0.15, 0.2) is 53.7 Å². The van der Waals surface area contributed by atoms with Crippen LogP contribution < -0.4 is 10.2 Å². The van der Waals surface area contributed by atoms with E-state index in [0.717, 1.165) is 21.9 Å². The highest BCUT2D eigenvalue weighted by Crippen LogP contribution is 2.32. The maximum absolute atomic E-state index is 13.0. The third kappa shape index (κ3) is 2.84. The van der Waals surface area contributed by atoms with Gasteiger partial charge in [0.25, 0.3) is 0 Å². The Morgan fingerprint density at radius 2 is 1.92 bits per heavy atom. The van der Waals surface area contributed by atoms with Crippen molar-refractivity contribution in [2.45, 2.75) is 17.3 Å². The first-order valence-corrected chi connectivity index (χ1v) is 9.21.